The smallest absolute Gasteiger partial charge is 0.319 e. The Bertz CT molecular complexity index is 479. The third-order valence-electron chi connectivity index (χ3n) is 2.33. The molecule has 0 saturated carbocycles. The number of urea groups is 1. The van der Waals surface area contributed by atoms with E-state index in [4.69, 9.17) is 21.1 Å². The zero-order valence-electron chi connectivity index (χ0n) is 11.4. The Kier molecular flexibility index (Phi) is 6.66. The molecular weight excluding hydrogens is 284 g/mol. The van der Waals surface area contributed by atoms with Crippen LogP contribution in [0.15, 0.2) is 18.2 Å². The number of carbonyl (C=O) groups is 2. The SMILES string of the molecule is CCOC(=O)CCNC(=O)Nc1cc(Cl)ccc1OC. The van der Waals surface area contributed by atoms with Crippen LogP contribution in [0.5, 0.6) is 5.75 Å². The number of ether oxygens (including phenoxy) is 2. The van der Waals surface area contributed by atoms with Crippen LogP contribution in [0.1, 0.15) is 13.3 Å². The summed E-state index contributed by atoms with van der Waals surface area (Å²) in [5.74, 6) is 0.142. The van der Waals surface area contributed by atoms with Crippen LogP contribution >= 0.6 is 11.6 Å². The van der Waals surface area contributed by atoms with Gasteiger partial charge >= 0.3 is 12.0 Å². The summed E-state index contributed by atoms with van der Waals surface area (Å²) in [4.78, 5) is 22.8. The first kappa shape index (κ1) is 16.1. The van der Waals surface area contributed by atoms with E-state index in [0.29, 0.717) is 23.1 Å². The van der Waals surface area contributed by atoms with Crippen molar-refractivity contribution in [2.75, 3.05) is 25.6 Å². The number of anilines is 1. The van der Waals surface area contributed by atoms with Gasteiger partial charge in [-0.15, -0.1) is 0 Å². The molecule has 0 aliphatic rings. The van der Waals surface area contributed by atoms with Crippen molar-refractivity contribution in [3.8, 4) is 5.75 Å². The largest absolute Gasteiger partial charge is 0.495 e. The van der Waals surface area contributed by atoms with Crippen molar-refractivity contribution >= 4 is 29.3 Å². The Morgan fingerprint density at radius 3 is 2.75 bits per heavy atom. The minimum absolute atomic E-state index is 0.119. The van der Waals surface area contributed by atoms with E-state index in [2.05, 4.69) is 10.6 Å². The van der Waals surface area contributed by atoms with Gasteiger partial charge in [0.25, 0.3) is 0 Å². The predicted octanol–water partition coefficient (Wildman–Crippen LogP) is 2.42. The normalized spacial score (nSPS) is 9.75. The van der Waals surface area contributed by atoms with Crippen molar-refractivity contribution in [2.45, 2.75) is 13.3 Å². The quantitative estimate of drug-likeness (QED) is 0.791. The van der Waals surface area contributed by atoms with E-state index >= 15 is 0 Å². The fourth-order valence-electron chi connectivity index (χ4n) is 1.46. The lowest BCUT2D eigenvalue weighted by atomic mass is 10.3. The van der Waals surface area contributed by atoms with Crippen LogP contribution in [0.3, 0.4) is 0 Å². The van der Waals surface area contributed by atoms with Crippen LogP contribution in [-0.4, -0.2) is 32.3 Å². The molecule has 0 atom stereocenters. The summed E-state index contributed by atoms with van der Waals surface area (Å²) in [6, 6.07) is 4.43. The number of methoxy groups -OCH3 is 1. The molecule has 7 heteroatoms. The number of nitrogens with one attached hydrogen (secondary N) is 2. The van der Waals surface area contributed by atoms with Gasteiger partial charge in [-0.25, -0.2) is 4.79 Å². The highest BCUT2D eigenvalue weighted by atomic mass is 35.5. The van der Waals surface area contributed by atoms with Gasteiger partial charge in [0.05, 0.1) is 25.8 Å². The molecule has 2 amide bonds. The van der Waals surface area contributed by atoms with E-state index in [1.807, 2.05) is 0 Å². The van der Waals surface area contributed by atoms with Crippen molar-refractivity contribution in [1.29, 1.82) is 0 Å². The van der Waals surface area contributed by atoms with E-state index in [1.165, 1.54) is 7.11 Å². The number of esters is 1. The van der Waals surface area contributed by atoms with Gasteiger partial charge in [0.1, 0.15) is 5.75 Å². The lowest BCUT2D eigenvalue weighted by Crippen LogP contribution is -2.31. The molecule has 6 nitrogen and oxygen atoms in total. The molecule has 1 aromatic carbocycles. The Morgan fingerprint density at radius 1 is 1.35 bits per heavy atom. The summed E-state index contributed by atoms with van der Waals surface area (Å²) < 4.78 is 9.85. The van der Waals surface area contributed by atoms with Gasteiger partial charge in [-0.3, -0.25) is 4.79 Å². The average Bonchev–Trinajstić information content (AvgIpc) is 2.39. The summed E-state index contributed by atoms with van der Waals surface area (Å²) in [5.41, 5.74) is 0.452. The van der Waals surface area contributed by atoms with E-state index in [-0.39, 0.29) is 18.9 Å². The monoisotopic (exact) mass is 300 g/mol. The van der Waals surface area contributed by atoms with Crippen LogP contribution in [-0.2, 0) is 9.53 Å². The van der Waals surface area contributed by atoms with Crippen molar-refractivity contribution < 1.29 is 19.1 Å². The lowest BCUT2D eigenvalue weighted by molar-refractivity contribution is -0.142. The second-order valence-electron chi connectivity index (χ2n) is 3.78. The molecule has 0 aliphatic carbocycles. The van der Waals surface area contributed by atoms with Gasteiger partial charge < -0.3 is 20.1 Å². The van der Waals surface area contributed by atoms with Gasteiger partial charge in [-0.1, -0.05) is 11.6 Å². The summed E-state index contributed by atoms with van der Waals surface area (Å²) in [7, 11) is 1.49. The van der Waals surface area contributed by atoms with Crippen molar-refractivity contribution in [3.05, 3.63) is 23.2 Å². The summed E-state index contributed by atoms with van der Waals surface area (Å²) in [5, 5.41) is 5.62. The number of amides is 2. The van der Waals surface area contributed by atoms with Gasteiger partial charge in [0, 0.05) is 11.6 Å². The average molecular weight is 301 g/mol. The minimum atomic E-state index is -0.449. The standard InChI is InChI=1S/C13H17ClN2O4/c1-3-20-12(17)6-7-15-13(18)16-10-8-9(14)4-5-11(10)19-2/h4-5,8H,3,6-7H2,1-2H3,(H2,15,16,18). The molecule has 20 heavy (non-hydrogen) atoms. The molecule has 0 fully saturated rings. The van der Waals surface area contributed by atoms with Crippen LogP contribution < -0.4 is 15.4 Å². The molecule has 0 heterocycles. The lowest BCUT2D eigenvalue weighted by Gasteiger charge is -2.11. The molecule has 1 aromatic rings. The first-order chi connectivity index (χ1) is 9.56. The van der Waals surface area contributed by atoms with Crippen molar-refractivity contribution in [2.24, 2.45) is 0 Å². The topological polar surface area (TPSA) is 76.7 Å². The fourth-order valence-corrected chi connectivity index (χ4v) is 1.63. The Balaban J connectivity index is 2.46. The second-order valence-corrected chi connectivity index (χ2v) is 4.22. The number of halogens is 1. The highest BCUT2D eigenvalue weighted by Crippen LogP contribution is 2.27. The van der Waals surface area contributed by atoms with Crippen LogP contribution in [0, 0.1) is 0 Å². The van der Waals surface area contributed by atoms with E-state index in [1.54, 1.807) is 25.1 Å². The highest BCUT2D eigenvalue weighted by Gasteiger charge is 2.08. The van der Waals surface area contributed by atoms with E-state index in [0.717, 1.165) is 0 Å². The Hall–Kier alpha value is -1.95. The molecule has 0 spiro atoms. The number of rotatable bonds is 6. The first-order valence-electron chi connectivity index (χ1n) is 6.10. The Labute approximate surface area is 122 Å². The minimum Gasteiger partial charge on any atom is -0.495 e. The van der Waals surface area contributed by atoms with Crippen molar-refractivity contribution in [3.63, 3.8) is 0 Å². The zero-order chi connectivity index (χ0) is 15.0. The van der Waals surface area contributed by atoms with Crippen molar-refractivity contribution in [1.82, 2.24) is 5.32 Å². The summed E-state index contributed by atoms with van der Waals surface area (Å²) >= 11 is 5.85. The number of benzene rings is 1. The number of hydrogen-bond acceptors (Lipinski definition) is 4. The highest BCUT2D eigenvalue weighted by molar-refractivity contribution is 6.31. The summed E-state index contributed by atoms with van der Waals surface area (Å²) in [6.07, 6.45) is 0.119. The van der Waals surface area contributed by atoms with Crippen LogP contribution in [0.2, 0.25) is 5.02 Å². The Morgan fingerprint density at radius 2 is 2.10 bits per heavy atom. The molecule has 110 valence electrons. The molecule has 0 unspecified atom stereocenters. The van der Waals surface area contributed by atoms with Gasteiger partial charge in [0.15, 0.2) is 0 Å². The van der Waals surface area contributed by atoms with Crippen LogP contribution in [0.4, 0.5) is 10.5 Å². The van der Waals surface area contributed by atoms with E-state index in [9.17, 15) is 9.59 Å². The molecule has 0 saturated heterocycles. The molecule has 0 aromatic heterocycles. The number of carbonyl (C=O) groups excluding carboxylic acids is 2. The molecular formula is C13H17ClN2O4. The maximum absolute atomic E-state index is 11.7. The molecule has 0 bridgehead atoms. The zero-order valence-corrected chi connectivity index (χ0v) is 12.1. The fraction of sp³-hybridized carbons (Fsp3) is 0.385. The molecule has 0 aliphatic heterocycles. The third kappa shape index (κ3) is 5.36. The van der Waals surface area contributed by atoms with E-state index < -0.39 is 6.03 Å². The first-order valence-corrected chi connectivity index (χ1v) is 6.48. The van der Waals surface area contributed by atoms with Gasteiger partial charge in [0.2, 0.25) is 0 Å². The molecule has 1 rings (SSSR count). The maximum atomic E-state index is 11.7. The summed E-state index contributed by atoms with van der Waals surface area (Å²) in [6.45, 7) is 2.24. The maximum Gasteiger partial charge on any atom is 0.319 e. The van der Waals surface area contributed by atoms with Gasteiger partial charge in [-0.2, -0.15) is 0 Å². The predicted molar refractivity (Wildman–Crippen MR) is 76.3 cm³/mol. The second kappa shape index (κ2) is 8.27. The van der Waals surface area contributed by atoms with Crippen LogP contribution in [0.25, 0.3) is 0 Å². The molecule has 2 N–H and O–H groups in total. The van der Waals surface area contributed by atoms with Gasteiger partial charge in [-0.05, 0) is 25.1 Å². The number of hydrogen-bond donors (Lipinski definition) is 2. The third-order valence-corrected chi connectivity index (χ3v) is 2.56. The molecule has 0 radical (unpaired) electrons.